The lowest BCUT2D eigenvalue weighted by atomic mass is 9.97. The van der Waals surface area contributed by atoms with Crippen LogP contribution in [0.25, 0.3) is 34.4 Å². The highest BCUT2D eigenvalue weighted by molar-refractivity contribution is 7.13. The second-order valence-electron chi connectivity index (χ2n) is 16.6. The summed E-state index contributed by atoms with van der Waals surface area (Å²) < 4.78 is 0. The van der Waals surface area contributed by atoms with Gasteiger partial charge in [-0.25, -0.2) is 0 Å². The third-order valence-electron chi connectivity index (χ3n) is 11.3. The normalized spacial score (nSPS) is 14.2. The Balaban J connectivity index is 1.31. The molecule has 0 N–H and O–H groups in total. The summed E-state index contributed by atoms with van der Waals surface area (Å²) in [4.78, 5) is 0. The molecule has 0 bridgehead atoms. The second-order valence-corrected chi connectivity index (χ2v) is 30.7. The van der Waals surface area contributed by atoms with Crippen molar-refractivity contribution in [2.75, 3.05) is 0 Å². The van der Waals surface area contributed by atoms with E-state index in [0.717, 1.165) is 12.8 Å². The van der Waals surface area contributed by atoms with Crippen LogP contribution >= 0.6 is 0 Å². The van der Waals surface area contributed by atoms with Crippen molar-refractivity contribution in [3.8, 4) is 22.3 Å². The Morgan fingerprint density at radius 3 is 1.08 bits per heavy atom. The van der Waals surface area contributed by atoms with Crippen molar-refractivity contribution >= 4 is 57.1 Å². The van der Waals surface area contributed by atoms with E-state index in [2.05, 4.69) is 197 Å². The summed E-state index contributed by atoms with van der Waals surface area (Å²) in [5, 5.41) is 9.12. The van der Waals surface area contributed by atoms with Crippen molar-refractivity contribution in [3.63, 3.8) is 0 Å². The summed E-state index contributed by atoms with van der Waals surface area (Å²) >= 11 is 0. The van der Waals surface area contributed by atoms with E-state index in [1.807, 2.05) is 0 Å². The van der Waals surface area contributed by atoms with Gasteiger partial charge in [-0.2, -0.15) is 0 Å². The smallest absolute Gasteiger partial charge is 0.0656 e. The van der Waals surface area contributed by atoms with Crippen molar-refractivity contribution in [3.05, 3.63) is 178 Å². The van der Waals surface area contributed by atoms with Crippen LogP contribution in [0.15, 0.2) is 156 Å². The Labute approximate surface area is 308 Å². The molecule has 8 rings (SSSR count). The first-order valence-electron chi connectivity index (χ1n) is 18.5. The third-order valence-corrected chi connectivity index (χ3v) is 20.4. The summed E-state index contributed by atoms with van der Waals surface area (Å²) in [6.07, 6.45) is 7.18. The lowest BCUT2D eigenvalue weighted by Crippen LogP contribution is -2.62. The zero-order chi connectivity index (χ0) is 35.4. The minimum atomic E-state index is -2.66. The first kappa shape index (κ1) is 33.6. The Morgan fingerprint density at radius 2 is 0.725 bits per heavy atom. The Bertz CT molecular complexity index is 2110. The van der Waals surface area contributed by atoms with E-state index in [4.69, 9.17) is 0 Å². The summed E-state index contributed by atoms with van der Waals surface area (Å²) in [7, 11) is -5.41. The predicted octanol–water partition coefficient (Wildman–Crippen LogP) is 10.0. The molecule has 3 heteroatoms. The molecule has 0 saturated carbocycles. The van der Waals surface area contributed by atoms with Crippen LogP contribution in [0.5, 0.6) is 0 Å². The van der Waals surface area contributed by atoms with Gasteiger partial charge in [-0.05, 0) is 67.7 Å². The standard InChI is InChI=1S/C48H48Si3/c1-49(2,3)39-27-23-35(24-28-39)45-21-13-15-37-31-43(33-47(37)45)51(41-17-9-7-10-18-41,42-19-11-8-12-20-42)44-32-38-16-14-22-46(48(38)34-44)36-25-29-40(30-26-36)50(4,5)6/h7-30,33-34H,31-32H2,1-6H3. The molecule has 0 nitrogen and oxygen atoms in total. The number of fused-ring (bicyclic) bond motifs is 2. The number of hydrogen-bond acceptors (Lipinski definition) is 0. The van der Waals surface area contributed by atoms with Crippen LogP contribution < -0.4 is 20.7 Å². The quantitative estimate of drug-likeness (QED) is 0.138. The van der Waals surface area contributed by atoms with Gasteiger partial charge in [0.05, 0.1) is 16.1 Å². The number of benzene rings is 6. The molecular formula is C48H48Si3. The Morgan fingerprint density at radius 1 is 0.353 bits per heavy atom. The van der Waals surface area contributed by atoms with Gasteiger partial charge in [-0.3, -0.25) is 0 Å². The lowest BCUT2D eigenvalue weighted by molar-refractivity contribution is 1.24. The van der Waals surface area contributed by atoms with Gasteiger partial charge < -0.3 is 0 Å². The number of rotatable bonds is 8. The molecule has 6 aromatic rings. The van der Waals surface area contributed by atoms with Crippen LogP contribution in [-0.4, -0.2) is 24.2 Å². The molecule has 0 heterocycles. The van der Waals surface area contributed by atoms with Crippen LogP contribution in [0, 0.1) is 0 Å². The van der Waals surface area contributed by atoms with E-state index in [0.29, 0.717) is 0 Å². The summed E-state index contributed by atoms with van der Waals surface area (Å²) in [5.41, 5.74) is 11.0. The maximum Gasteiger partial charge on any atom is 0.172 e. The lowest BCUT2D eigenvalue weighted by Gasteiger charge is -2.36. The highest BCUT2D eigenvalue weighted by Gasteiger charge is 2.47. The Kier molecular flexibility index (Phi) is 8.49. The largest absolute Gasteiger partial charge is 0.172 e. The molecule has 0 amide bonds. The van der Waals surface area contributed by atoms with E-state index in [9.17, 15) is 0 Å². The summed E-state index contributed by atoms with van der Waals surface area (Å²) in [6, 6.07) is 55.9. The average molecular weight is 709 g/mol. The first-order chi connectivity index (χ1) is 24.5. The SMILES string of the molecule is C[Si](C)(C)c1ccc(-c2cccc3c2C=C([Si](C2=Cc4c(cccc4-c4ccc([Si](C)(C)C)cc4)C2)(c2ccccc2)c2ccccc2)C3)cc1. The van der Waals surface area contributed by atoms with Crippen LogP contribution in [0.3, 0.4) is 0 Å². The maximum absolute atomic E-state index is 2.66. The van der Waals surface area contributed by atoms with Gasteiger partial charge >= 0.3 is 0 Å². The first-order valence-corrected chi connectivity index (χ1v) is 27.5. The highest BCUT2D eigenvalue weighted by atomic mass is 28.3. The predicted molar refractivity (Wildman–Crippen MR) is 231 cm³/mol. The molecule has 0 saturated heterocycles. The van der Waals surface area contributed by atoms with Gasteiger partial charge in [0.15, 0.2) is 8.07 Å². The van der Waals surface area contributed by atoms with E-state index < -0.39 is 24.2 Å². The summed E-state index contributed by atoms with van der Waals surface area (Å²) in [6.45, 7) is 14.6. The highest BCUT2D eigenvalue weighted by Crippen LogP contribution is 2.43. The molecule has 0 fully saturated rings. The fourth-order valence-electron chi connectivity index (χ4n) is 8.51. The van der Waals surface area contributed by atoms with Gasteiger partial charge in [0.1, 0.15) is 0 Å². The zero-order valence-corrected chi connectivity index (χ0v) is 33.9. The van der Waals surface area contributed by atoms with Gasteiger partial charge in [0.25, 0.3) is 0 Å². The van der Waals surface area contributed by atoms with Gasteiger partial charge in [0, 0.05) is 0 Å². The second kappa shape index (κ2) is 12.9. The van der Waals surface area contributed by atoms with Crippen molar-refractivity contribution < 1.29 is 0 Å². The van der Waals surface area contributed by atoms with Crippen LogP contribution in [0.1, 0.15) is 22.3 Å². The van der Waals surface area contributed by atoms with E-state index >= 15 is 0 Å². The van der Waals surface area contributed by atoms with Crippen molar-refractivity contribution in [1.82, 2.24) is 0 Å². The maximum atomic E-state index is 2.61. The molecule has 252 valence electrons. The van der Waals surface area contributed by atoms with Gasteiger partial charge in [0.2, 0.25) is 0 Å². The van der Waals surface area contributed by atoms with Gasteiger partial charge in [-0.1, -0.05) is 218 Å². The fraction of sp³-hybridized carbons (Fsp3) is 0.167. The monoisotopic (exact) mass is 708 g/mol. The van der Waals surface area contributed by atoms with Crippen molar-refractivity contribution in [2.45, 2.75) is 52.1 Å². The Hall–Kier alpha value is -4.55. The molecule has 0 aromatic heterocycles. The summed E-state index contributed by atoms with van der Waals surface area (Å²) in [5.74, 6) is 0. The molecule has 0 unspecified atom stereocenters. The van der Waals surface area contributed by atoms with Crippen molar-refractivity contribution in [2.24, 2.45) is 0 Å². The molecule has 2 aliphatic rings. The van der Waals surface area contributed by atoms with Crippen LogP contribution in [0.4, 0.5) is 0 Å². The van der Waals surface area contributed by atoms with Crippen LogP contribution in [0.2, 0.25) is 39.3 Å². The van der Waals surface area contributed by atoms with Gasteiger partial charge in [-0.15, -0.1) is 0 Å². The molecule has 0 radical (unpaired) electrons. The molecule has 2 aliphatic carbocycles. The number of hydrogen-bond donors (Lipinski definition) is 0. The minimum absolute atomic E-state index is 0.977. The fourth-order valence-corrected chi connectivity index (χ4v) is 16.1. The van der Waals surface area contributed by atoms with Crippen molar-refractivity contribution in [1.29, 1.82) is 0 Å². The molecular weight excluding hydrogens is 661 g/mol. The van der Waals surface area contributed by atoms with E-state index in [1.165, 1.54) is 65.3 Å². The van der Waals surface area contributed by atoms with E-state index in [1.54, 1.807) is 10.4 Å². The topological polar surface area (TPSA) is 0 Å². The molecule has 0 atom stereocenters. The molecule has 0 aliphatic heterocycles. The number of allylic oxidation sites excluding steroid dienone is 2. The zero-order valence-electron chi connectivity index (χ0n) is 30.9. The van der Waals surface area contributed by atoms with E-state index in [-0.39, 0.29) is 0 Å². The molecule has 0 spiro atoms. The average Bonchev–Trinajstić information content (AvgIpc) is 3.78. The minimum Gasteiger partial charge on any atom is -0.0656 e. The molecule has 6 aromatic carbocycles. The molecule has 51 heavy (non-hydrogen) atoms. The van der Waals surface area contributed by atoms with Crippen LogP contribution in [-0.2, 0) is 12.8 Å². The third kappa shape index (κ3) is 6.01.